The van der Waals surface area contributed by atoms with E-state index in [2.05, 4.69) is 18.9 Å². The molecule has 0 amide bonds. The molecule has 2 N–H and O–H groups in total. The zero-order valence-corrected chi connectivity index (χ0v) is 10.0. The van der Waals surface area contributed by atoms with E-state index in [1.807, 2.05) is 0 Å². The molecule has 1 aromatic heterocycles. The molecule has 90 valence electrons. The van der Waals surface area contributed by atoms with E-state index in [-0.39, 0.29) is 0 Å². The highest BCUT2D eigenvalue weighted by Crippen LogP contribution is 2.11. The molecule has 0 aliphatic heterocycles. The van der Waals surface area contributed by atoms with Crippen molar-refractivity contribution in [1.82, 2.24) is 9.78 Å². The molecule has 0 aromatic carbocycles. The molecule has 0 aliphatic carbocycles. The highest BCUT2D eigenvalue weighted by molar-refractivity contribution is 5.77. The number of aryl methyl sites for hydroxylation is 1. The Hall–Kier alpha value is -1.36. The third kappa shape index (κ3) is 3.66. The summed E-state index contributed by atoms with van der Waals surface area (Å²) in [7, 11) is 1.78. The van der Waals surface area contributed by atoms with E-state index < -0.39 is 12.0 Å². The Morgan fingerprint density at radius 2 is 2.31 bits per heavy atom. The van der Waals surface area contributed by atoms with Gasteiger partial charge in [-0.1, -0.05) is 13.8 Å². The summed E-state index contributed by atoms with van der Waals surface area (Å²) < 4.78 is 6.69. The number of hydrogen-bond acceptors (Lipinski definition) is 4. The maximum Gasteiger partial charge on any atom is 0.327 e. The molecule has 5 heteroatoms. The van der Waals surface area contributed by atoms with Crippen LogP contribution in [0, 0.1) is 5.92 Å². The van der Waals surface area contributed by atoms with Crippen LogP contribution in [-0.2, 0) is 16.6 Å². The van der Waals surface area contributed by atoms with Crippen LogP contribution in [0.5, 0.6) is 0 Å². The second kappa shape index (κ2) is 5.65. The first-order valence-electron chi connectivity index (χ1n) is 5.41. The van der Waals surface area contributed by atoms with Crippen LogP contribution in [0.15, 0.2) is 12.4 Å². The number of nitrogens with two attached hydrogens (primary N) is 1. The molecule has 16 heavy (non-hydrogen) atoms. The van der Waals surface area contributed by atoms with Crippen LogP contribution in [0.2, 0.25) is 0 Å². The fourth-order valence-electron chi connectivity index (χ4n) is 1.22. The van der Waals surface area contributed by atoms with Crippen LogP contribution >= 0.6 is 0 Å². The van der Waals surface area contributed by atoms with Gasteiger partial charge in [0.2, 0.25) is 0 Å². The van der Waals surface area contributed by atoms with E-state index in [9.17, 15) is 4.79 Å². The molecule has 1 unspecified atom stereocenters. The Balaban J connectivity index is 2.42. The van der Waals surface area contributed by atoms with Crippen LogP contribution in [0.25, 0.3) is 0 Å². The Bertz CT molecular complexity index is 347. The lowest BCUT2D eigenvalue weighted by Crippen LogP contribution is -2.24. The van der Waals surface area contributed by atoms with Crippen LogP contribution in [-0.4, -0.2) is 22.4 Å². The number of carbonyl (C=O) groups is 1. The van der Waals surface area contributed by atoms with E-state index in [1.54, 1.807) is 24.1 Å². The molecule has 0 aliphatic rings. The molecular weight excluding hydrogens is 206 g/mol. The third-order valence-corrected chi connectivity index (χ3v) is 2.28. The molecule has 1 atom stereocenters. The van der Waals surface area contributed by atoms with Crippen molar-refractivity contribution < 1.29 is 9.53 Å². The van der Waals surface area contributed by atoms with E-state index in [1.165, 1.54) is 0 Å². The number of carbonyl (C=O) groups excluding carboxylic acids is 1. The average Bonchev–Trinajstić information content (AvgIpc) is 2.63. The highest BCUT2D eigenvalue weighted by Gasteiger charge is 2.18. The summed E-state index contributed by atoms with van der Waals surface area (Å²) in [6, 6.07) is -0.735. The van der Waals surface area contributed by atoms with Crippen LogP contribution < -0.4 is 5.73 Å². The largest absolute Gasteiger partial charge is 0.464 e. The van der Waals surface area contributed by atoms with Gasteiger partial charge in [0.05, 0.1) is 12.8 Å². The Morgan fingerprint density at radius 3 is 2.81 bits per heavy atom. The molecule has 0 fully saturated rings. The number of esters is 1. The normalized spacial score (nSPS) is 12.8. The fraction of sp³-hybridized carbons (Fsp3) is 0.636. The number of nitrogens with zero attached hydrogens (tertiary/aromatic N) is 2. The van der Waals surface area contributed by atoms with Gasteiger partial charge in [-0.15, -0.1) is 0 Å². The summed E-state index contributed by atoms with van der Waals surface area (Å²) in [5, 5.41) is 3.96. The SMILES string of the molecule is CC(C)CCOC(=O)C(N)c1cnn(C)c1. The van der Waals surface area contributed by atoms with Gasteiger partial charge < -0.3 is 10.5 Å². The van der Waals surface area contributed by atoms with E-state index in [4.69, 9.17) is 10.5 Å². The zero-order chi connectivity index (χ0) is 12.1. The molecule has 0 radical (unpaired) electrons. The molecule has 1 rings (SSSR count). The third-order valence-electron chi connectivity index (χ3n) is 2.28. The summed E-state index contributed by atoms with van der Waals surface area (Å²) in [5.74, 6) is 0.121. The zero-order valence-electron chi connectivity index (χ0n) is 10.0. The smallest absolute Gasteiger partial charge is 0.327 e. The van der Waals surface area contributed by atoms with Gasteiger partial charge in [-0.3, -0.25) is 4.68 Å². The number of ether oxygens (including phenoxy) is 1. The molecule has 1 aromatic rings. The molecule has 0 saturated heterocycles. The van der Waals surface area contributed by atoms with Crippen molar-refractivity contribution in [2.75, 3.05) is 6.61 Å². The Morgan fingerprint density at radius 1 is 1.62 bits per heavy atom. The number of hydrogen-bond donors (Lipinski definition) is 1. The van der Waals surface area contributed by atoms with E-state index in [0.29, 0.717) is 18.1 Å². The highest BCUT2D eigenvalue weighted by atomic mass is 16.5. The average molecular weight is 225 g/mol. The molecule has 5 nitrogen and oxygen atoms in total. The van der Waals surface area contributed by atoms with Gasteiger partial charge >= 0.3 is 5.97 Å². The summed E-state index contributed by atoms with van der Waals surface area (Å²) in [5.41, 5.74) is 6.42. The quantitative estimate of drug-likeness (QED) is 0.759. The topological polar surface area (TPSA) is 70.1 Å². The monoisotopic (exact) mass is 225 g/mol. The predicted octanol–water partition coefficient (Wildman–Crippen LogP) is 1.01. The number of rotatable bonds is 5. The van der Waals surface area contributed by atoms with Crippen molar-refractivity contribution >= 4 is 5.97 Å². The molecular formula is C11H19N3O2. The van der Waals surface area contributed by atoms with Gasteiger partial charge in [-0.25, -0.2) is 4.79 Å². The van der Waals surface area contributed by atoms with E-state index >= 15 is 0 Å². The molecule has 0 spiro atoms. The van der Waals surface area contributed by atoms with Crippen molar-refractivity contribution in [3.05, 3.63) is 18.0 Å². The van der Waals surface area contributed by atoms with Crippen molar-refractivity contribution in [3.8, 4) is 0 Å². The van der Waals surface area contributed by atoms with Crippen molar-refractivity contribution in [3.63, 3.8) is 0 Å². The summed E-state index contributed by atoms with van der Waals surface area (Å²) >= 11 is 0. The van der Waals surface area contributed by atoms with Crippen molar-refractivity contribution in [1.29, 1.82) is 0 Å². The maximum absolute atomic E-state index is 11.5. The lowest BCUT2D eigenvalue weighted by atomic mass is 10.1. The molecule has 1 heterocycles. The number of aromatic nitrogens is 2. The Labute approximate surface area is 95.6 Å². The van der Waals surface area contributed by atoms with Gasteiger partial charge in [0.25, 0.3) is 0 Å². The summed E-state index contributed by atoms with van der Waals surface area (Å²) in [4.78, 5) is 11.5. The van der Waals surface area contributed by atoms with Crippen molar-refractivity contribution in [2.24, 2.45) is 18.7 Å². The van der Waals surface area contributed by atoms with Crippen LogP contribution in [0.4, 0.5) is 0 Å². The first kappa shape index (κ1) is 12.7. The molecule has 0 bridgehead atoms. The standard InChI is InChI=1S/C11H19N3O2/c1-8(2)4-5-16-11(15)10(12)9-6-13-14(3)7-9/h6-8,10H,4-5,12H2,1-3H3. The fourth-order valence-corrected chi connectivity index (χ4v) is 1.22. The predicted molar refractivity (Wildman–Crippen MR) is 60.6 cm³/mol. The molecule has 0 saturated carbocycles. The van der Waals surface area contributed by atoms with Gasteiger partial charge in [0.1, 0.15) is 6.04 Å². The van der Waals surface area contributed by atoms with Crippen LogP contribution in [0.3, 0.4) is 0 Å². The van der Waals surface area contributed by atoms with Gasteiger partial charge in [-0.05, 0) is 12.3 Å². The minimum atomic E-state index is -0.735. The first-order chi connectivity index (χ1) is 7.50. The lowest BCUT2D eigenvalue weighted by Gasteiger charge is -2.10. The maximum atomic E-state index is 11.5. The minimum absolute atomic E-state index is 0.395. The minimum Gasteiger partial charge on any atom is -0.464 e. The van der Waals surface area contributed by atoms with Crippen LogP contribution in [0.1, 0.15) is 31.9 Å². The summed E-state index contributed by atoms with van der Waals surface area (Å²) in [6.07, 6.45) is 4.15. The van der Waals surface area contributed by atoms with Gasteiger partial charge in [0, 0.05) is 18.8 Å². The van der Waals surface area contributed by atoms with Crippen molar-refractivity contribution in [2.45, 2.75) is 26.3 Å². The lowest BCUT2D eigenvalue weighted by molar-refractivity contribution is -0.145. The van der Waals surface area contributed by atoms with E-state index in [0.717, 1.165) is 6.42 Å². The second-order valence-electron chi connectivity index (χ2n) is 4.28. The van der Waals surface area contributed by atoms with Gasteiger partial charge in [0.15, 0.2) is 0 Å². The van der Waals surface area contributed by atoms with Gasteiger partial charge in [-0.2, -0.15) is 5.10 Å². The Kier molecular flexibility index (Phi) is 4.49. The summed E-state index contributed by atoms with van der Waals surface area (Å²) in [6.45, 7) is 4.58. The second-order valence-corrected chi connectivity index (χ2v) is 4.28. The first-order valence-corrected chi connectivity index (χ1v) is 5.41.